The summed E-state index contributed by atoms with van der Waals surface area (Å²) in [4.78, 5) is 12.6. The number of carbonyl (C=O) groups excluding carboxylic acids is 1. The highest BCUT2D eigenvalue weighted by molar-refractivity contribution is 6.09. The molecule has 0 atom stereocenters. The maximum absolute atomic E-state index is 12.6. The topological polar surface area (TPSA) is 62.1 Å². The highest BCUT2D eigenvalue weighted by Gasteiger charge is 2.11. The van der Waals surface area contributed by atoms with E-state index in [0.29, 0.717) is 23.6 Å². The minimum atomic E-state index is -0.458. The molecular weight excluding hydrogens is 396 g/mol. The third-order valence-corrected chi connectivity index (χ3v) is 5.10. The van der Waals surface area contributed by atoms with Crippen molar-refractivity contribution in [2.45, 2.75) is 13.5 Å². The van der Waals surface area contributed by atoms with Crippen LogP contribution in [0.15, 0.2) is 96.6 Å². The minimum Gasteiger partial charge on any atom is -0.488 e. The van der Waals surface area contributed by atoms with Crippen LogP contribution >= 0.6 is 0 Å². The molecule has 0 fully saturated rings. The number of ether oxygens (including phenoxy) is 1. The molecule has 1 amide bonds. The van der Waals surface area contributed by atoms with Crippen molar-refractivity contribution in [3.8, 4) is 11.8 Å². The number of hydrogen-bond acceptors (Lipinski definition) is 3. The number of carbonyl (C=O) groups is 1. The number of rotatable bonds is 6. The fraction of sp³-hybridized carbons (Fsp3) is 0.0714. The third kappa shape index (κ3) is 5.03. The van der Waals surface area contributed by atoms with Gasteiger partial charge in [-0.05, 0) is 53.6 Å². The van der Waals surface area contributed by atoms with Crippen LogP contribution in [0.4, 0.5) is 5.69 Å². The summed E-state index contributed by atoms with van der Waals surface area (Å²) in [5.74, 6) is 0.150. The molecule has 0 bridgehead atoms. The van der Waals surface area contributed by atoms with Crippen LogP contribution in [0.1, 0.15) is 16.7 Å². The van der Waals surface area contributed by atoms with Gasteiger partial charge in [0.2, 0.25) is 0 Å². The van der Waals surface area contributed by atoms with E-state index in [1.165, 1.54) is 5.39 Å². The van der Waals surface area contributed by atoms with Gasteiger partial charge in [-0.3, -0.25) is 4.79 Å². The van der Waals surface area contributed by atoms with Crippen LogP contribution in [0.2, 0.25) is 0 Å². The number of para-hydroxylation sites is 1. The summed E-state index contributed by atoms with van der Waals surface area (Å²) >= 11 is 0. The lowest BCUT2D eigenvalue weighted by Gasteiger charge is -2.11. The maximum Gasteiger partial charge on any atom is 0.266 e. The molecule has 4 rings (SSSR count). The van der Waals surface area contributed by atoms with Crippen molar-refractivity contribution in [3.05, 3.63) is 113 Å². The van der Waals surface area contributed by atoms with Crippen molar-refractivity contribution >= 4 is 28.4 Å². The van der Waals surface area contributed by atoms with E-state index in [2.05, 4.69) is 29.6 Å². The Labute approximate surface area is 187 Å². The first-order chi connectivity index (χ1) is 15.6. The van der Waals surface area contributed by atoms with E-state index in [9.17, 15) is 10.1 Å². The maximum atomic E-state index is 12.6. The number of nitrogens with one attached hydrogen (secondary N) is 1. The molecule has 0 radical (unpaired) electrons. The van der Waals surface area contributed by atoms with Crippen LogP contribution in [-0.4, -0.2) is 5.91 Å². The van der Waals surface area contributed by atoms with Gasteiger partial charge in [0.05, 0.1) is 0 Å². The molecule has 32 heavy (non-hydrogen) atoms. The average molecular weight is 418 g/mol. The van der Waals surface area contributed by atoms with Crippen molar-refractivity contribution in [2.75, 3.05) is 5.32 Å². The van der Waals surface area contributed by atoms with Crippen LogP contribution in [0.3, 0.4) is 0 Å². The average Bonchev–Trinajstić information content (AvgIpc) is 2.83. The Morgan fingerprint density at radius 2 is 1.66 bits per heavy atom. The highest BCUT2D eigenvalue weighted by atomic mass is 16.5. The monoisotopic (exact) mass is 418 g/mol. The number of benzene rings is 4. The number of nitrogens with zero attached hydrogens (tertiary/aromatic N) is 1. The second-order valence-corrected chi connectivity index (χ2v) is 7.50. The molecule has 0 saturated carbocycles. The fourth-order valence-corrected chi connectivity index (χ4v) is 3.36. The number of anilines is 1. The van der Waals surface area contributed by atoms with E-state index in [1.807, 2.05) is 79.7 Å². The lowest BCUT2D eigenvalue weighted by Crippen LogP contribution is -2.13. The third-order valence-electron chi connectivity index (χ3n) is 5.10. The Morgan fingerprint density at radius 3 is 2.44 bits per heavy atom. The van der Waals surface area contributed by atoms with Gasteiger partial charge >= 0.3 is 0 Å². The summed E-state index contributed by atoms with van der Waals surface area (Å²) in [5.41, 5.74) is 3.45. The summed E-state index contributed by atoms with van der Waals surface area (Å²) in [6.45, 7) is 2.36. The van der Waals surface area contributed by atoms with Crippen molar-refractivity contribution < 1.29 is 9.53 Å². The lowest BCUT2D eigenvalue weighted by atomic mass is 10.1. The lowest BCUT2D eigenvalue weighted by molar-refractivity contribution is -0.112. The first-order valence-corrected chi connectivity index (χ1v) is 10.3. The molecule has 0 heterocycles. The summed E-state index contributed by atoms with van der Waals surface area (Å²) in [6.07, 6.45) is 1.55. The van der Waals surface area contributed by atoms with E-state index >= 15 is 0 Å². The van der Waals surface area contributed by atoms with E-state index in [0.717, 1.165) is 16.5 Å². The van der Waals surface area contributed by atoms with Crippen LogP contribution in [0, 0.1) is 18.3 Å². The van der Waals surface area contributed by atoms with Gasteiger partial charge in [-0.15, -0.1) is 0 Å². The molecule has 0 aromatic heterocycles. The van der Waals surface area contributed by atoms with Crippen molar-refractivity contribution in [1.29, 1.82) is 5.26 Å². The smallest absolute Gasteiger partial charge is 0.266 e. The van der Waals surface area contributed by atoms with Gasteiger partial charge in [-0.25, -0.2) is 0 Å². The molecule has 156 valence electrons. The number of aryl methyl sites for hydroxylation is 1. The molecule has 4 heteroatoms. The Hall–Kier alpha value is -4.36. The number of nitriles is 1. The number of hydrogen-bond donors (Lipinski definition) is 1. The molecule has 0 aliphatic rings. The standard InChI is InChI=1S/C28H22N2O2/c1-20-10-14-26(15-11-20)30-28(31)25(18-29)17-24-8-4-5-9-27(24)32-19-21-12-13-22-6-2-3-7-23(22)16-21/h2-17H,19H2,1H3,(H,30,31)/b25-17+. The second-order valence-electron chi connectivity index (χ2n) is 7.50. The molecule has 0 unspecified atom stereocenters. The van der Waals surface area contributed by atoms with Gasteiger partial charge in [0.1, 0.15) is 24.0 Å². The van der Waals surface area contributed by atoms with E-state index < -0.39 is 5.91 Å². The zero-order valence-electron chi connectivity index (χ0n) is 17.7. The summed E-state index contributed by atoms with van der Waals surface area (Å²) in [5, 5.41) is 14.7. The molecular formula is C28H22N2O2. The van der Waals surface area contributed by atoms with Gasteiger partial charge in [0, 0.05) is 11.3 Å². The second kappa shape index (κ2) is 9.63. The first-order valence-electron chi connectivity index (χ1n) is 10.3. The minimum absolute atomic E-state index is 0.00679. The highest BCUT2D eigenvalue weighted by Crippen LogP contribution is 2.24. The Bertz CT molecular complexity index is 1330. The zero-order valence-corrected chi connectivity index (χ0v) is 17.7. The Kier molecular flexibility index (Phi) is 6.29. The van der Waals surface area contributed by atoms with Crippen molar-refractivity contribution in [3.63, 3.8) is 0 Å². The number of amides is 1. The molecule has 4 aromatic rings. The summed E-state index contributed by atoms with van der Waals surface area (Å²) in [6, 6.07) is 31.2. The van der Waals surface area contributed by atoms with Gasteiger partial charge < -0.3 is 10.1 Å². The quantitative estimate of drug-likeness (QED) is 0.296. The van der Waals surface area contributed by atoms with Crippen LogP contribution in [0.5, 0.6) is 5.75 Å². The van der Waals surface area contributed by atoms with Crippen LogP contribution in [-0.2, 0) is 11.4 Å². The van der Waals surface area contributed by atoms with E-state index in [4.69, 9.17) is 4.74 Å². The number of fused-ring (bicyclic) bond motifs is 1. The van der Waals surface area contributed by atoms with Gasteiger partial charge in [0.15, 0.2) is 0 Å². The molecule has 0 aliphatic heterocycles. The Morgan fingerprint density at radius 1 is 0.938 bits per heavy atom. The normalized spacial score (nSPS) is 11.1. The molecule has 0 aliphatic carbocycles. The summed E-state index contributed by atoms with van der Waals surface area (Å²) < 4.78 is 6.04. The Balaban J connectivity index is 1.52. The molecule has 0 saturated heterocycles. The predicted octanol–water partition coefficient (Wildman–Crippen LogP) is 6.27. The molecule has 4 aromatic carbocycles. The van der Waals surface area contributed by atoms with Crippen molar-refractivity contribution in [2.24, 2.45) is 0 Å². The molecule has 1 N–H and O–H groups in total. The first kappa shape index (κ1) is 20.9. The van der Waals surface area contributed by atoms with Gasteiger partial charge in [-0.2, -0.15) is 5.26 Å². The largest absolute Gasteiger partial charge is 0.488 e. The van der Waals surface area contributed by atoms with Crippen molar-refractivity contribution in [1.82, 2.24) is 0 Å². The molecule has 4 nitrogen and oxygen atoms in total. The predicted molar refractivity (Wildman–Crippen MR) is 128 cm³/mol. The fourth-order valence-electron chi connectivity index (χ4n) is 3.36. The summed E-state index contributed by atoms with van der Waals surface area (Å²) in [7, 11) is 0. The van der Waals surface area contributed by atoms with Gasteiger partial charge in [-0.1, -0.05) is 72.3 Å². The SMILES string of the molecule is Cc1ccc(NC(=O)/C(C#N)=C/c2ccccc2OCc2ccc3ccccc3c2)cc1. The van der Waals surface area contributed by atoms with Gasteiger partial charge in [0.25, 0.3) is 5.91 Å². The van der Waals surface area contributed by atoms with E-state index in [-0.39, 0.29) is 5.57 Å². The van der Waals surface area contributed by atoms with Crippen LogP contribution in [0.25, 0.3) is 16.8 Å². The zero-order chi connectivity index (χ0) is 22.3. The molecule has 0 spiro atoms. The van der Waals surface area contributed by atoms with E-state index in [1.54, 1.807) is 6.08 Å². The van der Waals surface area contributed by atoms with Crippen LogP contribution < -0.4 is 10.1 Å².